The molecule has 21 heavy (non-hydrogen) atoms. The van der Waals surface area contributed by atoms with Gasteiger partial charge in [0.25, 0.3) is 0 Å². The summed E-state index contributed by atoms with van der Waals surface area (Å²) in [5.41, 5.74) is 3.18. The molecule has 0 aromatic heterocycles. The Balaban J connectivity index is 0.00000220. The number of halogens is 1. The molecular formula is C18H19ClN2. The van der Waals surface area contributed by atoms with Gasteiger partial charge in [0.15, 0.2) is 0 Å². The standard InChI is InChI=1S/C18H18N2.ClH/c1-16(12-14-19-17-8-4-2-5-9-17)13-15-20-18-10-6-3-7-11-18;/h2-12,14-15H,13H2,1H3;1H. The Hall–Kier alpha value is -2.19. The van der Waals surface area contributed by atoms with Crippen molar-refractivity contribution in [2.24, 2.45) is 9.98 Å². The van der Waals surface area contributed by atoms with Crippen molar-refractivity contribution in [1.29, 1.82) is 0 Å². The number of nitrogens with zero attached hydrogens (tertiary/aromatic N) is 2. The molecule has 2 aromatic carbocycles. The molecule has 2 rings (SSSR count). The molecule has 0 bridgehead atoms. The molecule has 0 unspecified atom stereocenters. The van der Waals surface area contributed by atoms with E-state index in [0.717, 1.165) is 17.8 Å². The summed E-state index contributed by atoms with van der Waals surface area (Å²) in [6.07, 6.45) is 6.61. The van der Waals surface area contributed by atoms with Gasteiger partial charge in [0.05, 0.1) is 11.4 Å². The third kappa shape index (κ3) is 6.68. The molecule has 0 saturated carbocycles. The molecule has 3 heteroatoms. The van der Waals surface area contributed by atoms with Crippen LogP contribution in [0.1, 0.15) is 13.3 Å². The first-order valence-electron chi connectivity index (χ1n) is 6.67. The lowest BCUT2D eigenvalue weighted by Crippen LogP contribution is -1.80. The number of para-hydroxylation sites is 2. The van der Waals surface area contributed by atoms with E-state index in [9.17, 15) is 0 Å². The van der Waals surface area contributed by atoms with Crippen molar-refractivity contribution in [1.82, 2.24) is 0 Å². The summed E-state index contributed by atoms with van der Waals surface area (Å²) >= 11 is 0. The number of hydrogen-bond donors (Lipinski definition) is 0. The van der Waals surface area contributed by atoms with E-state index >= 15 is 0 Å². The van der Waals surface area contributed by atoms with Crippen LogP contribution in [0.25, 0.3) is 0 Å². The average Bonchev–Trinajstić information content (AvgIpc) is 2.49. The van der Waals surface area contributed by atoms with E-state index in [1.54, 1.807) is 0 Å². The summed E-state index contributed by atoms with van der Waals surface area (Å²) in [5, 5.41) is 0. The third-order valence-corrected chi connectivity index (χ3v) is 2.75. The molecule has 2 aromatic rings. The highest BCUT2D eigenvalue weighted by atomic mass is 35.5. The van der Waals surface area contributed by atoms with Gasteiger partial charge in [-0.2, -0.15) is 0 Å². The van der Waals surface area contributed by atoms with E-state index in [1.807, 2.05) is 79.2 Å². The Labute approximate surface area is 132 Å². The lowest BCUT2D eigenvalue weighted by Gasteiger charge is -1.94. The molecule has 0 N–H and O–H groups in total. The largest absolute Gasteiger partial charge is 0.261 e. The fraction of sp³-hybridized carbons (Fsp3) is 0.111. The highest BCUT2D eigenvalue weighted by Crippen LogP contribution is 2.10. The van der Waals surface area contributed by atoms with Gasteiger partial charge < -0.3 is 0 Å². The van der Waals surface area contributed by atoms with E-state index in [4.69, 9.17) is 0 Å². The molecular weight excluding hydrogens is 280 g/mol. The average molecular weight is 299 g/mol. The molecule has 0 heterocycles. The highest BCUT2D eigenvalue weighted by molar-refractivity contribution is 5.85. The molecule has 0 radical (unpaired) electrons. The summed E-state index contributed by atoms with van der Waals surface area (Å²) in [4.78, 5) is 8.77. The fourth-order valence-corrected chi connectivity index (χ4v) is 1.64. The van der Waals surface area contributed by atoms with Crippen LogP contribution in [0.5, 0.6) is 0 Å². The first-order chi connectivity index (χ1) is 9.84. The summed E-state index contributed by atoms with van der Waals surface area (Å²) in [7, 11) is 0. The van der Waals surface area contributed by atoms with E-state index in [2.05, 4.69) is 16.9 Å². The van der Waals surface area contributed by atoms with Crippen molar-refractivity contribution in [3.05, 3.63) is 72.3 Å². The summed E-state index contributed by atoms with van der Waals surface area (Å²) < 4.78 is 0. The molecule has 0 saturated heterocycles. The minimum absolute atomic E-state index is 0. The summed E-state index contributed by atoms with van der Waals surface area (Å²) in [6, 6.07) is 19.9. The summed E-state index contributed by atoms with van der Waals surface area (Å²) in [6.45, 7) is 2.08. The van der Waals surface area contributed by atoms with E-state index < -0.39 is 0 Å². The normalized spacial score (nSPS) is 11.8. The molecule has 108 valence electrons. The van der Waals surface area contributed by atoms with Gasteiger partial charge in [-0.05, 0) is 37.3 Å². The predicted octanol–water partition coefficient (Wildman–Crippen LogP) is 5.55. The molecule has 0 fully saturated rings. The van der Waals surface area contributed by atoms with Gasteiger partial charge in [0.1, 0.15) is 0 Å². The quantitative estimate of drug-likeness (QED) is 0.647. The zero-order valence-corrected chi connectivity index (χ0v) is 12.8. The van der Waals surface area contributed by atoms with Gasteiger partial charge in [-0.3, -0.25) is 9.98 Å². The first-order valence-corrected chi connectivity index (χ1v) is 6.67. The van der Waals surface area contributed by atoms with E-state index in [-0.39, 0.29) is 12.4 Å². The Morgan fingerprint density at radius 2 is 1.38 bits per heavy atom. The molecule has 0 atom stereocenters. The van der Waals surface area contributed by atoms with Crippen molar-refractivity contribution in [3.63, 3.8) is 0 Å². The number of rotatable bonds is 5. The van der Waals surface area contributed by atoms with Gasteiger partial charge in [0, 0.05) is 18.9 Å². The van der Waals surface area contributed by atoms with Crippen LogP contribution in [-0.2, 0) is 0 Å². The minimum atomic E-state index is 0. The van der Waals surface area contributed by atoms with E-state index in [1.165, 1.54) is 5.57 Å². The van der Waals surface area contributed by atoms with Crippen molar-refractivity contribution in [2.45, 2.75) is 13.3 Å². The number of benzene rings is 2. The molecule has 0 spiro atoms. The van der Waals surface area contributed by atoms with Crippen molar-refractivity contribution < 1.29 is 0 Å². The highest BCUT2D eigenvalue weighted by Gasteiger charge is 1.87. The smallest absolute Gasteiger partial charge is 0.0629 e. The van der Waals surface area contributed by atoms with Crippen LogP contribution in [-0.4, -0.2) is 12.4 Å². The Kier molecular flexibility index (Phi) is 7.77. The minimum Gasteiger partial charge on any atom is -0.261 e. The molecule has 0 aliphatic rings. The topological polar surface area (TPSA) is 24.7 Å². The SMILES string of the molecule is CC(=CC=Nc1ccccc1)CC=Nc1ccccc1.Cl. The van der Waals surface area contributed by atoms with Crippen molar-refractivity contribution >= 4 is 36.2 Å². The second-order valence-electron chi connectivity index (χ2n) is 4.48. The Morgan fingerprint density at radius 3 is 1.95 bits per heavy atom. The third-order valence-electron chi connectivity index (χ3n) is 2.75. The molecule has 0 amide bonds. The number of hydrogen-bond acceptors (Lipinski definition) is 2. The lowest BCUT2D eigenvalue weighted by atomic mass is 10.2. The van der Waals surface area contributed by atoms with Crippen LogP contribution in [0.2, 0.25) is 0 Å². The van der Waals surface area contributed by atoms with Gasteiger partial charge >= 0.3 is 0 Å². The number of allylic oxidation sites excluding steroid dienone is 2. The van der Waals surface area contributed by atoms with Gasteiger partial charge in [-0.15, -0.1) is 12.4 Å². The Bertz CT molecular complexity index is 602. The van der Waals surface area contributed by atoms with Crippen molar-refractivity contribution in [2.75, 3.05) is 0 Å². The maximum atomic E-state index is 4.40. The maximum absolute atomic E-state index is 4.40. The molecule has 2 nitrogen and oxygen atoms in total. The zero-order chi connectivity index (χ0) is 14.0. The zero-order valence-electron chi connectivity index (χ0n) is 12.0. The maximum Gasteiger partial charge on any atom is 0.0629 e. The second kappa shape index (κ2) is 9.67. The van der Waals surface area contributed by atoms with Crippen LogP contribution >= 0.6 is 12.4 Å². The molecule has 0 aliphatic heterocycles. The molecule has 0 aliphatic carbocycles. The monoisotopic (exact) mass is 298 g/mol. The van der Waals surface area contributed by atoms with Gasteiger partial charge in [-0.25, -0.2) is 0 Å². The van der Waals surface area contributed by atoms with Crippen LogP contribution in [0.3, 0.4) is 0 Å². The first kappa shape index (κ1) is 16.9. The van der Waals surface area contributed by atoms with Gasteiger partial charge in [-0.1, -0.05) is 42.0 Å². The van der Waals surface area contributed by atoms with Crippen LogP contribution in [0.4, 0.5) is 11.4 Å². The van der Waals surface area contributed by atoms with Crippen LogP contribution in [0, 0.1) is 0 Å². The van der Waals surface area contributed by atoms with E-state index in [0.29, 0.717) is 0 Å². The van der Waals surface area contributed by atoms with Gasteiger partial charge in [0.2, 0.25) is 0 Å². The fourth-order valence-electron chi connectivity index (χ4n) is 1.64. The second-order valence-corrected chi connectivity index (χ2v) is 4.48. The van der Waals surface area contributed by atoms with Crippen LogP contribution in [0.15, 0.2) is 82.3 Å². The van der Waals surface area contributed by atoms with Crippen LogP contribution < -0.4 is 0 Å². The lowest BCUT2D eigenvalue weighted by molar-refractivity contribution is 1.29. The predicted molar refractivity (Wildman–Crippen MR) is 94.8 cm³/mol. The van der Waals surface area contributed by atoms with Crippen molar-refractivity contribution in [3.8, 4) is 0 Å². The number of aliphatic imine (C=N–C) groups is 2. The summed E-state index contributed by atoms with van der Waals surface area (Å²) in [5.74, 6) is 0. The Morgan fingerprint density at radius 1 is 0.857 bits per heavy atom.